The van der Waals surface area contributed by atoms with Crippen LogP contribution in [0.5, 0.6) is 0 Å². The highest BCUT2D eigenvalue weighted by Gasteiger charge is 2.19. The van der Waals surface area contributed by atoms with Crippen molar-refractivity contribution in [3.8, 4) is 17.3 Å². The molecule has 1 aliphatic rings. The number of fused-ring (bicyclic) bond motifs is 1. The molecule has 1 aromatic carbocycles. The van der Waals surface area contributed by atoms with Gasteiger partial charge in [-0.05, 0) is 42.9 Å². The van der Waals surface area contributed by atoms with Gasteiger partial charge in [0.25, 0.3) is 5.56 Å². The minimum absolute atomic E-state index is 0.224. The van der Waals surface area contributed by atoms with E-state index >= 15 is 0 Å². The molecule has 0 unspecified atom stereocenters. The third-order valence-electron chi connectivity index (χ3n) is 6.94. The minimum atomic E-state index is -0.224. The van der Waals surface area contributed by atoms with Crippen molar-refractivity contribution >= 4 is 22.7 Å². The van der Waals surface area contributed by atoms with E-state index in [0.717, 1.165) is 38.4 Å². The first-order valence-corrected chi connectivity index (χ1v) is 13.2. The Morgan fingerprint density at radius 2 is 1.73 bits per heavy atom. The second-order valence-corrected chi connectivity index (χ2v) is 9.77. The van der Waals surface area contributed by atoms with Crippen LogP contribution in [-0.4, -0.2) is 77.3 Å². The fraction of sp³-hybridized carbons (Fsp3) is 0.241. The lowest BCUT2D eigenvalue weighted by Crippen LogP contribution is -2.43. The summed E-state index contributed by atoms with van der Waals surface area (Å²) >= 11 is 0. The second kappa shape index (κ2) is 11.2. The number of allylic oxidation sites excluding steroid dienone is 1. The number of aromatic nitrogens is 7. The predicted molar refractivity (Wildman–Crippen MR) is 155 cm³/mol. The van der Waals surface area contributed by atoms with Crippen LogP contribution in [0.25, 0.3) is 28.4 Å². The Labute approximate surface area is 231 Å². The maximum absolute atomic E-state index is 13.3. The van der Waals surface area contributed by atoms with Crippen LogP contribution < -0.4 is 10.9 Å². The van der Waals surface area contributed by atoms with Crippen molar-refractivity contribution in [2.24, 2.45) is 0 Å². The Kier molecular flexibility index (Phi) is 7.13. The van der Waals surface area contributed by atoms with Gasteiger partial charge in [-0.1, -0.05) is 24.3 Å². The van der Waals surface area contributed by atoms with Crippen LogP contribution in [0.4, 0.5) is 11.6 Å². The summed E-state index contributed by atoms with van der Waals surface area (Å²) in [4.78, 5) is 40.7. The zero-order chi connectivity index (χ0) is 27.5. The van der Waals surface area contributed by atoms with Crippen LogP contribution in [0, 0.1) is 0 Å². The van der Waals surface area contributed by atoms with Gasteiger partial charge >= 0.3 is 0 Å². The van der Waals surface area contributed by atoms with Crippen LogP contribution in [0.3, 0.4) is 0 Å². The summed E-state index contributed by atoms with van der Waals surface area (Å²) in [6.07, 6.45) is 6.55. The molecule has 11 heteroatoms. The SMILES string of the molecule is C=CCn1c(=O)c2cnc(Nc3ccc(CN4CCN(C)CC4)cc3)nc2n1-c1cccc(-c2ncccn2)n1. The Balaban J connectivity index is 1.31. The van der Waals surface area contributed by atoms with Gasteiger partial charge in [0.15, 0.2) is 17.3 Å². The Hall–Kier alpha value is -4.74. The number of hydrogen-bond acceptors (Lipinski definition) is 9. The molecule has 0 amide bonds. The van der Waals surface area contributed by atoms with Gasteiger partial charge < -0.3 is 10.2 Å². The van der Waals surface area contributed by atoms with Crippen molar-refractivity contribution in [3.05, 3.63) is 95.7 Å². The third kappa shape index (κ3) is 5.24. The summed E-state index contributed by atoms with van der Waals surface area (Å²) in [5.74, 6) is 1.38. The number of anilines is 2. The Bertz CT molecular complexity index is 1690. The topological polar surface area (TPSA) is 110 Å². The van der Waals surface area contributed by atoms with E-state index in [2.05, 4.69) is 55.8 Å². The number of hydrogen-bond donors (Lipinski definition) is 1. The monoisotopic (exact) mass is 534 g/mol. The summed E-state index contributed by atoms with van der Waals surface area (Å²) in [5, 5.41) is 3.67. The lowest BCUT2D eigenvalue weighted by Gasteiger charge is -2.32. The first kappa shape index (κ1) is 25.5. The van der Waals surface area contributed by atoms with E-state index in [1.165, 1.54) is 5.56 Å². The van der Waals surface area contributed by atoms with Crippen molar-refractivity contribution in [2.45, 2.75) is 13.1 Å². The first-order valence-electron chi connectivity index (χ1n) is 13.2. The molecule has 0 radical (unpaired) electrons. The Morgan fingerprint density at radius 3 is 2.48 bits per heavy atom. The van der Waals surface area contributed by atoms with Gasteiger partial charge in [0, 0.05) is 57.0 Å². The van der Waals surface area contributed by atoms with E-state index in [1.807, 2.05) is 30.3 Å². The van der Waals surface area contributed by atoms with E-state index in [4.69, 9.17) is 9.97 Å². The van der Waals surface area contributed by atoms with Crippen molar-refractivity contribution in [2.75, 3.05) is 38.5 Å². The molecule has 1 saturated heterocycles. The highest BCUT2D eigenvalue weighted by Crippen LogP contribution is 2.21. The Morgan fingerprint density at radius 1 is 0.950 bits per heavy atom. The third-order valence-corrected chi connectivity index (χ3v) is 6.94. The molecule has 1 N–H and O–H groups in total. The summed E-state index contributed by atoms with van der Waals surface area (Å²) in [7, 11) is 2.16. The lowest BCUT2D eigenvalue weighted by molar-refractivity contribution is 0.148. The highest BCUT2D eigenvalue weighted by molar-refractivity contribution is 5.77. The maximum Gasteiger partial charge on any atom is 0.278 e. The molecular formula is C29H30N10O. The minimum Gasteiger partial charge on any atom is -0.324 e. The van der Waals surface area contributed by atoms with Crippen LogP contribution in [0.2, 0.25) is 0 Å². The van der Waals surface area contributed by atoms with Crippen LogP contribution in [0.15, 0.2) is 84.6 Å². The van der Waals surface area contributed by atoms with Crippen molar-refractivity contribution in [3.63, 3.8) is 0 Å². The summed E-state index contributed by atoms with van der Waals surface area (Å²) in [6.45, 7) is 9.38. The first-order chi connectivity index (χ1) is 19.6. The van der Waals surface area contributed by atoms with E-state index < -0.39 is 0 Å². The molecule has 6 rings (SSSR count). The van der Waals surface area contributed by atoms with Gasteiger partial charge in [0.2, 0.25) is 5.95 Å². The second-order valence-electron chi connectivity index (χ2n) is 9.77. The zero-order valence-electron chi connectivity index (χ0n) is 22.3. The molecule has 0 atom stereocenters. The molecule has 0 aliphatic carbocycles. The molecule has 0 bridgehead atoms. The number of likely N-dealkylation sites (N-methyl/N-ethyl adjacent to an activating group) is 1. The van der Waals surface area contributed by atoms with Crippen molar-refractivity contribution in [1.29, 1.82) is 0 Å². The summed E-state index contributed by atoms with van der Waals surface area (Å²) in [5.41, 5.74) is 2.92. The van der Waals surface area contributed by atoms with E-state index in [9.17, 15) is 4.79 Å². The zero-order valence-corrected chi connectivity index (χ0v) is 22.3. The molecule has 11 nitrogen and oxygen atoms in total. The lowest BCUT2D eigenvalue weighted by atomic mass is 10.2. The molecular weight excluding hydrogens is 504 g/mol. The van der Waals surface area contributed by atoms with Crippen LogP contribution >= 0.6 is 0 Å². The molecule has 40 heavy (non-hydrogen) atoms. The number of benzene rings is 1. The average Bonchev–Trinajstić information content (AvgIpc) is 3.26. The van der Waals surface area contributed by atoms with Gasteiger partial charge in [-0.15, -0.1) is 6.58 Å². The molecule has 4 aromatic heterocycles. The largest absolute Gasteiger partial charge is 0.324 e. The molecule has 0 saturated carbocycles. The molecule has 5 heterocycles. The number of pyridine rings is 1. The van der Waals surface area contributed by atoms with Crippen molar-refractivity contribution in [1.82, 2.24) is 44.1 Å². The van der Waals surface area contributed by atoms with Gasteiger partial charge in [0.1, 0.15) is 11.1 Å². The van der Waals surface area contributed by atoms with Gasteiger partial charge in [-0.2, -0.15) is 4.98 Å². The van der Waals surface area contributed by atoms with Gasteiger partial charge in [-0.3, -0.25) is 9.69 Å². The predicted octanol–water partition coefficient (Wildman–Crippen LogP) is 3.11. The summed E-state index contributed by atoms with van der Waals surface area (Å²) in [6, 6.07) is 15.6. The van der Waals surface area contributed by atoms with E-state index in [0.29, 0.717) is 34.3 Å². The number of piperazine rings is 1. The normalized spacial score (nSPS) is 14.4. The standard InChI is InChI=1S/C29H30N10O/c1-3-14-38-28(40)23-19-32-29(33-22-10-8-21(9-11-22)20-37-17-15-36(2)16-18-37)35-27(23)39(38)25-7-4-6-24(34-25)26-30-12-5-13-31-26/h3-13,19H,1,14-18,20H2,2H3,(H,32,33,35). The maximum atomic E-state index is 13.3. The highest BCUT2D eigenvalue weighted by atomic mass is 16.1. The molecule has 1 aliphatic heterocycles. The number of rotatable bonds is 8. The van der Waals surface area contributed by atoms with Crippen LogP contribution in [0.1, 0.15) is 5.56 Å². The van der Waals surface area contributed by atoms with Crippen molar-refractivity contribution < 1.29 is 0 Å². The average molecular weight is 535 g/mol. The quantitative estimate of drug-likeness (QED) is 0.300. The number of nitrogens with one attached hydrogen (secondary N) is 1. The van der Waals surface area contributed by atoms with E-state index in [1.54, 1.807) is 40.1 Å². The van der Waals surface area contributed by atoms with Crippen LogP contribution in [-0.2, 0) is 13.1 Å². The molecule has 1 fully saturated rings. The fourth-order valence-electron chi connectivity index (χ4n) is 4.79. The fourth-order valence-corrected chi connectivity index (χ4v) is 4.79. The summed E-state index contributed by atoms with van der Waals surface area (Å²) < 4.78 is 3.24. The number of nitrogens with zero attached hydrogens (tertiary/aromatic N) is 9. The smallest absolute Gasteiger partial charge is 0.278 e. The molecule has 0 spiro atoms. The van der Waals surface area contributed by atoms with E-state index in [-0.39, 0.29) is 12.1 Å². The van der Waals surface area contributed by atoms with Gasteiger partial charge in [-0.25, -0.2) is 29.3 Å². The van der Waals surface area contributed by atoms with Gasteiger partial charge in [0.05, 0.1) is 6.54 Å². The molecule has 5 aromatic rings. The molecule has 202 valence electrons.